The second-order valence-corrected chi connectivity index (χ2v) is 4.74. The Morgan fingerprint density at radius 3 is 3.27 bits per heavy atom. The molecule has 0 bridgehead atoms. The maximum Gasteiger partial charge on any atom is 0.271 e. The fourth-order valence-corrected chi connectivity index (χ4v) is 2.66. The third-order valence-corrected chi connectivity index (χ3v) is 3.76. The van der Waals surface area contributed by atoms with Crippen molar-refractivity contribution in [1.82, 2.24) is 9.55 Å². The van der Waals surface area contributed by atoms with Gasteiger partial charge in [-0.05, 0) is 11.4 Å². The fraction of sp³-hybridized carbons (Fsp3) is 0.200. The molecule has 15 heavy (non-hydrogen) atoms. The molecule has 2 aromatic heterocycles. The summed E-state index contributed by atoms with van der Waals surface area (Å²) in [4.78, 5) is 16.2. The Morgan fingerprint density at radius 1 is 1.73 bits per heavy atom. The number of rotatable bonds is 2. The molecule has 5 heteroatoms. The number of aromatic nitrogens is 2. The van der Waals surface area contributed by atoms with Crippen LogP contribution < -0.4 is 5.56 Å². The first-order valence-electron chi connectivity index (χ1n) is 4.24. The lowest BCUT2D eigenvalue weighted by Crippen LogP contribution is -2.18. The Balaban J connectivity index is 2.61. The van der Waals surface area contributed by atoms with Gasteiger partial charge in [-0.1, -0.05) is 17.7 Å². The van der Waals surface area contributed by atoms with Crippen LogP contribution in [0.2, 0.25) is 0 Å². The van der Waals surface area contributed by atoms with Gasteiger partial charge in [-0.15, -0.1) is 17.8 Å². The molecule has 0 aliphatic heterocycles. The Labute approximate surface area is 95.1 Å². The number of fused-ring (bicyclic) bond motifs is 1. The minimum atomic E-state index is -0.00507. The first-order chi connectivity index (χ1) is 7.24. The third kappa shape index (κ3) is 1.78. The molecule has 2 rings (SSSR count). The van der Waals surface area contributed by atoms with E-state index in [2.05, 4.69) is 10.9 Å². The molecule has 0 spiro atoms. The van der Waals surface area contributed by atoms with Crippen LogP contribution in [0.3, 0.4) is 0 Å². The van der Waals surface area contributed by atoms with Crippen LogP contribution >= 0.6 is 23.1 Å². The van der Waals surface area contributed by atoms with E-state index in [1.54, 1.807) is 11.6 Å². The van der Waals surface area contributed by atoms with E-state index >= 15 is 0 Å². The summed E-state index contributed by atoms with van der Waals surface area (Å²) in [5.41, 5.74) is 0.747. The summed E-state index contributed by atoms with van der Waals surface area (Å²) >= 11 is 2.82. The van der Waals surface area contributed by atoms with Gasteiger partial charge in [0.05, 0.1) is 11.3 Å². The minimum absolute atomic E-state index is 0.00507. The highest BCUT2D eigenvalue weighted by molar-refractivity contribution is 7.99. The maximum absolute atomic E-state index is 11.8. The Kier molecular flexibility index (Phi) is 2.80. The first-order valence-corrected chi connectivity index (χ1v) is 6.11. The quantitative estimate of drug-likeness (QED) is 0.452. The second-order valence-electron chi connectivity index (χ2n) is 2.89. The number of thioether (sulfide) groups is 1. The lowest BCUT2D eigenvalue weighted by molar-refractivity contribution is 0.729. The average molecular weight is 236 g/mol. The highest BCUT2D eigenvalue weighted by atomic mass is 32.2. The van der Waals surface area contributed by atoms with Crippen molar-refractivity contribution in [3.05, 3.63) is 21.8 Å². The van der Waals surface area contributed by atoms with Crippen molar-refractivity contribution in [2.24, 2.45) is 7.05 Å². The largest absolute Gasteiger partial charge is 0.289 e. The van der Waals surface area contributed by atoms with Crippen molar-refractivity contribution in [2.75, 3.05) is 5.75 Å². The third-order valence-electron chi connectivity index (χ3n) is 1.93. The molecule has 2 heterocycles. The number of nitrogens with zero attached hydrogens (tertiary/aromatic N) is 2. The molecule has 0 saturated heterocycles. The molecule has 0 aliphatic rings. The predicted molar refractivity (Wildman–Crippen MR) is 64.4 cm³/mol. The predicted octanol–water partition coefficient (Wildman–Crippen LogP) is 1.72. The number of terminal acetylenes is 1. The molecule has 0 radical (unpaired) electrons. The molecule has 2 aromatic rings. The SMILES string of the molecule is C#CCSc1nc2ccsc2c(=O)n1C. The van der Waals surface area contributed by atoms with Gasteiger partial charge in [0.1, 0.15) is 4.70 Å². The highest BCUT2D eigenvalue weighted by Gasteiger charge is 2.08. The number of thiophene rings is 1. The average Bonchev–Trinajstić information content (AvgIpc) is 2.69. The van der Waals surface area contributed by atoms with Gasteiger partial charge in [0.15, 0.2) is 5.16 Å². The standard InChI is InChI=1S/C10H8N2OS2/c1-3-5-15-10-11-7-4-6-14-8(7)9(13)12(10)2/h1,4,6H,5H2,2H3. The van der Waals surface area contributed by atoms with Gasteiger partial charge in [0, 0.05) is 7.05 Å². The molecule has 0 N–H and O–H groups in total. The van der Waals surface area contributed by atoms with Crippen molar-refractivity contribution >= 4 is 33.3 Å². The van der Waals surface area contributed by atoms with Crippen molar-refractivity contribution in [3.63, 3.8) is 0 Å². The van der Waals surface area contributed by atoms with Crippen LogP contribution in [0.15, 0.2) is 21.4 Å². The highest BCUT2D eigenvalue weighted by Crippen LogP contribution is 2.19. The fourth-order valence-electron chi connectivity index (χ4n) is 1.20. The van der Waals surface area contributed by atoms with E-state index in [4.69, 9.17) is 6.42 Å². The molecule has 0 aliphatic carbocycles. The summed E-state index contributed by atoms with van der Waals surface area (Å²) in [6.45, 7) is 0. The first kappa shape index (κ1) is 10.3. The molecule has 0 atom stereocenters. The normalized spacial score (nSPS) is 10.4. The zero-order valence-corrected chi connectivity index (χ0v) is 9.69. The van der Waals surface area contributed by atoms with E-state index in [0.717, 1.165) is 5.52 Å². The smallest absolute Gasteiger partial charge is 0.271 e. The van der Waals surface area contributed by atoms with E-state index in [1.807, 2.05) is 11.4 Å². The summed E-state index contributed by atoms with van der Waals surface area (Å²) in [7, 11) is 1.72. The summed E-state index contributed by atoms with van der Waals surface area (Å²) < 4.78 is 2.24. The van der Waals surface area contributed by atoms with Gasteiger partial charge in [0.25, 0.3) is 5.56 Å². The van der Waals surface area contributed by atoms with Crippen LogP contribution in [0.4, 0.5) is 0 Å². The van der Waals surface area contributed by atoms with Crippen LogP contribution in [-0.2, 0) is 7.05 Å². The molecule has 0 amide bonds. The Hall–Kier alpha value is -1.25. The summed E-state index contributed by atoms with van der Waals surface area (Å²) in [6.07, 6.45) is 5.17. The molecule has 0 fully saturated rings. The second kappa shape index (κ2) is 4.09. The van der Waals surface area contributed by atoms with Gasteiger partial charge in [-0.25, -0.2) is 4.98 Å². The number of hydrogen-bond acceptors (Lipinski definition) is 4. The van der Waals surface area contributed by atoms with E-state index in [0.29, 0.717) is 15.6 Å². The molecule has 0 saturated carbocycles. The van der Waals surface area contributed by atoms with Crippen LogP contribution in [0.5, 0.6) is 0 Å². The summed E-state index contributed by atoms with van der Waals surface area (Å²) in [5, 5.41) is 2.54. The van der Waals surface area contributed by atoms with Gasteiger partial charge in [0.2, 0.25) is 0 Å². The van der Waals surface area contributed by atoms with Gasteiger partial charge >= 0.3 is 0 Å². The van der Waals surface area contributed by atoms with E-state index in [-0.39, 0.29) is 5.56 Å². The van der Waals surface area contributed by atoms with Gasteiger partial charge in [-0.2, -0.15) is 0 Å². The maximum atomic E-state index is 11.8. The minimum Gasteiger partial charge on any atom is -0.289 e. The Morgan fingerprint density at radius 2 is 2.53 bits per heavy atom. The Bertz CT molecular complexity index is 591. The molecule has 76 valence electrons. The number of hydrogen-bond donors (Lipinski definition) is 0. The van der Waals surface area contributed by atoms with Crippen LogP contribution in [0.1, 0.15) is 0 Å². The molecule has 0 aromatic carbocycles. The topological polar surface area (TPSA) is 34.9 Å². The monoisotopic (exact) mass is 236 g/mol. The molecule has 3 nitrogen and oxygen atoms in total. The molecule has 0 unspecified atom stereocenters. The van der Waals surface area contributed by atoms with Crippen molar-refractivity contribution in [3.8, 4) is 12.3 Å². The van der Waals surface area contributed by atoms with Gasteiger partial charge in [-0.3, -0.25) is 9.36 Å². The lowest BCUT2D eigenvalue weighted by atomic mass is 10.5. The van der Waals surface area contributed by atoms with Crippen molar-refractivity contribution in [2.45, 2.75) is 5.16 Å². The van der Waals surface area contributed by atoms with Crippen LogP contribution in [0.25, 0.3) is 10.2 Å². The van der Waals surface area contributed by atoms with E-state index < -0.39 is 0 Å². The summed E-state index contributed by atoms with van der Waals surface area (Å²) in [6, 6.07) is 1.85. The van der Waals surface area contributed by atoms with Gasteiger partial charge < -0.3 is 0 Å². The van der Waals surface area contributed by atoms with Crippen LogP contribution in [-0.4, -0.2) is 15.3 Å². The van der Waals surface area contributed by atoms with E-state index in [9.17, 15) is 4.79 Å². The lowest BCUT2D eigenvalue weighted by Gasteiger charge is -2.04. The van der Waals surface area contributed by atoms with Crippen molar-refractivity contribution < 1.29 is 0 Å². The zero-order chi connectivity index (χ0) is 10.8. The van der Waals surface area contributed by atoms with Crippen molar-refractivity contribution in [1.29, 1.82) is 0 Å². The molecular formula is C10H8N2OS2. The zero-order valence-electron chi connectivity index (χ0n) is 8.06. The van der Waals surface area contributed by atoms with E-state index in [1.165, 1.54) is 23.1 Å². The van der Waals surface area contributed by atoms with Crippen LogP contribution in [0, 0.1) is 12.3 Å². The summed E-state index contributed by atoms with van der Waals surface area (Å²) in [5.74, 6) is 3.04. The molecular weight excluding hydrogens is 228 g/mol.